The Morgan fingerprint density at radius 2 is 1.75 bits per heavy atom. The highest BCUT2D eigenvalue weighted by Gasteiger charge is 2.17. The average Bonchev–Trinajstić information content (AvgIpc) is 2.73. The van der Waals surface area contributed by atoms with Crippen molar-refractivity contribution in [3.05, 3.63) is 82.4 Å². The van der Waals surface area contributed by atoms with Crippen LogP contribution in [-0.2, 0) is 16.0 Å². The van der Waals surface area contributed by atoms with E-state index >= 15 is 0 Å². The van der Waals surface area contributed by atoms with E-state index in [1.165, 1.54) is 7.11 Å². The molecule has 0 aliphatic rings. The molecular formula is C27H28O5. The summed E-state index contributed by atoms with van der Waals surface area (Å²) in [6.07, 6.45) is 2.41. The molecule has 0 heterocycles. The lowest BCUT2D eigenvalue weighted by Gasteiger charge is -2.19. The molecule has 3 aromatic carbocycles. The first-order chi connectivity index (χ1) is 15.1. The molecular weight excluding hydrogens is 404 g/mol. The Morgan fingerprint density at radius 3 is 2.41 bits per heavy atom. The van der Waals surface area contributed by atoms with Crippen LogP contribution in [-0.4, -0.2) is 29.8 Å². The normalized spacial score (nSPS) is 12.0. The van der Waals surface area contributed by atoms with Gasteiger partial charge in [0.25, 0.3) is 0 Å². The second kappa shape index (κ2) is 9.27. The highest BCUT2D eigenvalue weighted by molar-refractivity contribution is 5.95. The van der Waals surface area contributed by atoms with E-state index in [2.05, 4.69) is 6.07 Å². The van der Waals surface area contributed by atoms with Crippen LogP contribution in [0.1, 0.15) is 54.7 Å². The van der Waals surface area contributed by atoms with Crippen LogP contribution in [0.3, 0.4) is 0 Å². The smallest absolute Gasteiger partial charge is 0.335 e. The summed E-state index contributed by atoms with van der Waals surface area (Å²) in [6, 6.07) is 17.1. The summed E-state index contributed by atoms with van der Waals surface area (Å²) < 4.78 is 10.9. The van der Waals surface area contributed by atoms with Crippen molar-refractivity contribution in [3.8, 4) is 5.75 Å². The van der Waals surface area contributed by atoms with Gasteiger partial charge in [-0.2, -0.15) is 0 Å². The Labute approximate surface area is 188 Å². The molecule has 5 nitrogen and oxygen atoms in total. The van der Waals surface area contributed by atoms with Crippen LogP contribution in [0.5, 0.6) is 5.75 Å². The van der Waals surface area contributed by atoms with E-state index in [9.17, 15) is 14.7 Å². The van der Waals surface area contributed by atoms with Gasteiger partial charge in [-0.1, -0.05) is 36.4 Å². The van der Waals surface area contributed by atoms with Crippen molar-refractivity contribution in [3.63, 3.8) is 0 Å². The largest absolute Gasteiger partial charge is 0.496 e. The Balaban J connectivity index is 1.97. The van der Waals surface area contributed by atoms with Crippen molar-refractivity contribution in [1.29, 1.82) is 0 Å². The van der Waals surface area contributed by atoms with Gasteiger partial charge in [0.05, 0.1) is 12.7 Å². The van der Waals surface area contributed by atoms with Crippen LogP contribution >= 0.6 is 0 Å². The molecule has 166 valence electrons. The van der Waals surface area contributed by atoms with Crippen LogP contribution in [0.2, 0.25) is 0 Å². The summed E-state index contributed by atoms with van der Waals surface area (Å²) in [5.74, 6) is -0.787. The molecule has 32 heavy (non-hydrogen) atoms. The summed E-state index contributed by atoms with van der Waals surface area (Å²) in [5.41, 5.74) is 3.06. The number of ether oxygens (including phenoxy) is 2. The van der Waals surface area contributed by atoms with Gasteiger partial charge in [-0.3, -0.25) is 0 Å². The number of hydrogen-bond acceptors (Lipinski definition) is 4. The van der Waals surface area contributed by atoms with Crippen molar-refractivity contribution in [2.45, 2.75) is 39.7 Å². The molecule has 0 aliphatic carbocycles. The van der Waals surface area contributed by atoms with Gasteiger partial charge in [-0.05, 0) is 79.4 Å². The Morgan fingerprint density at radius 1 is 1.00 bits per heavy atom. The maximum Gasteiger partial charge on any atom is 0.335 e. The number of methoxy groups -OCH3 is 1. The highest BCUT2D eigenvalue weighted by Crippen LogP contribution is 2.28. The van der Waals surface area contributed by atoms with Gasteiger partial charge < -0.3 is 14.6 Å². The summed E-state index contributed by atoms with van der Waals surface area (Å²) in [5, 5.41) is 11.4. The standard InChI is InChI=1S/C27H28O5/c1-17(26(30)32-27(2,3)4)13-18-9-10-19-7-6-8-20(23(19)14-18)15-21-11-12-22(25(28)29)16-24(21)31-5/h6-14,16H,15H2,1-5H3,(H,28,29)/b17-13-. The highest BCUT2D eigenvalue weighted by atomic mass is 16.6. The maximum atomic E-state index is 12.3. The first kappa shape index (κ1) is 23.1. The Kier molecular flexibility index (Phi) is 6.68. The monoisotopic (exact) mass is 432 g/mol. The first-order valence-electron chi connectivity index (χ1n) is 10.4. The van der Waals surface area contributed by atoms with Crippen molar-refractivity contribution in [1.82, 2.24) is 0 Å². The average molecular weight is 433 g/mol. The zero-order valence-electron chi connectivity index (χ0n) is 19.1. The molecule has 0 aliphatic heterocycles. The van der Waals surface area contributed by atoms with E-state index in [0.717, 1.165) is 27.5 Å². The van der Waals surface area contributed by atoms with Gasteiger partial charge in [0.1, 0.15) is 11.4 Å². The zero-order chi connectivity index (χ0) is 23.5. The second-order valence-electron chi connectivity index (χ2n) is 8.74. The minimum atomic E-state index is -0.989. The molecule has 0 unspecified atom stereocenters. The SMILES string of the molecule is COc1cc(C(=O)O)ccc1Cc1cccc2ccc(/C=C(/C)C(=O)OC(C)(C)C)cc12. The second-order valence-corrected chi connectivity index (χ2v) is 8.74. The minimum absolute atomic E-state index is 0.188. The maximum absolute atomic E-state index is 12.3. The lowest BCUT2D eigenvalue weighted by atomic mass is 9.95. The molecule has 0 aromatic heterocycles. The van der Waals surface area contributed by atoms with E-state index in [-0.39, 0.29) is 11.5 Å². The number of hydrogen-bond donors (Lipinski definition) is 1. The molecule has 0 saturated carbocycles. The Bertz CT molecular complexity index is 1200. The number of benzene rings is 3. The number of carbonyl (C=O) groups excluding carboxylic acids is 1. The summed E-state index contributed by atoms with van der Waals surface area (Å²) in [4.78, 5) is 23.6. The van der Waals surface area contributed by atoms with Gasteiger partial charge in [-0.25, -0.2) is 9.59 Å². The van der Waals surface area contributed by atoms with Crippen molar-refractivity contribution in [2.75, 3.05) is 7.11 Å². The molecule has 1 N–H and O–H groups in total. The number of aromatic carboxylic acids is 1. The first-order valence-corrected chi connectivity index (χ1v) is 10.4. The van der Waals surface area contributed by atoms with E-state index in [4.69, 9.17) is 9.47 Å². The molecule has 3 aromatic rings. The summed E-state index contributed by atoms with van der Waals surface area (Å²) >= 11 is 0. The number of rotatable bonds is 6. The van der Waals surface area contributed by atoms with Gasteiger partial charge in [-0.15, -0.1) is 0 Å². The fraction of sp³-hybridized carbons (Fsp3) is 0.259. The fourth-order valence-corrected chi connectivity index (χ4v) is 3.50. The molecule has 0 fully saturated rings. The van der Waals surface area contributed by atoms with Gasteiger partial charge in [0.2, 0.25) is 0 Å². The molecule has 0 saturated heterocycles. The van der Waals surface area contributed by atoms with Crippen LogP contribution in [0, 0.1) is 0 Å². The summed E-state index contributed by atoms with van der Waals surface area (Å²) in [6.45, 7) is 7.28. The lowest BCUT2D eigenvalue weighted by Crippen LogP contribution is -2.24. The third-order valence-corrected chi connectivity index (χ3v) is 5.02. The van der Waals surface area contributed by atoms with E-state index in [1.807, 2.05) is 57.2 Å². The number of carboxylic acids is 1. The molecule has 0 spiro atoms. The number of carbonyl (C=O) groups is 2. The van der Waals surface area contributed by atoms with Gasteiger partial charge >= 0.3 is 11.9 Å². The number of fused-ring (bicyclic) bond motifs is 1. The van der Waals surface area contributed by atoms with Gasteiger partial charge in [0.15, 0.2) is 0 Å². The molecule has 0 amide bonds. The quantitative estimate of drug-likeness (QED) is 0.389. The van der Waals surface area contributed by atoms with Gasteiger partial charge in [0, 0.05) is 12.0 Å². The topological polar surface area (TPSA) is 72.8 Å². The van der Waals surface area contributed by atoms with E-state index in [0.29, 0.717) is 17.7 Å². The third kappa shape index (κ3) is 5.55. The molecule has 0 bridgehead atoms. The van der Waals surface area contributed by atoms with E-state index in [1.54, 1.807) is 25.1 Å². The molecule has 5 heteroatoms. The number of carboxylic acid groups (broad SMARTS) is 1. The molecule has 0 atom stereocenters. The Hall–Kier alpha value is -3.60. The van der Waals surface area contributed by atoms with Crippen LogP contribution in [0.25, 0.3) is 16.8 Å². The number of esters is 1. The third-order valence-electron chi connectivity index (χ3n) is 5.02. The predicted octanol–water partition coefficient (Wildman–Crippen LogP) is 5.88. The van der Waals surface area contributed by atoms with Crippen LogP contribution in [0.4, 0.5) is 0 Å². The van der Waals surface area contributed by atoms with Crippen molar-refractivity contribution >= 4 is 28.8 Å². The lowest BCUT2D eigenvalue weighted by molar-refractivity contribution is -0.149. The predicted molar refractivity (Wildman–Crippen MR) is 126 cm³/mol. The molecule has 0 radical (unpaired) electrons. The van der Waals surface area contributed by atoms with Crippen LogP contribution in [0.15, 0.2) is 60.2 Å². The fourth-order valence-electron chi connectivity index (χ4n) is 3.50. The minimum Gasteiger partial charge on any atom is -0.496 e. The van der Waals surface area contributed by atoms with Crippen molar-refractivity contribution < 1.29 is 24.2 Å². The van der Waals surface area contributed by atoms with E-state index < -0.39 is 11.6 Å². The van der Waals surface area contributed by atoms with Crippen molar-refractivity contribution in [2.24, 2.45) is 0 Å². The summed E-state index contributed by atoms with van der Waals surface area (Å²) in [7, 11) is 1.54. The van der Waals surface area contributed by atoms with Crippen LogP contribution < -0.4 is 4.74 Å². The zero-order valence-corrected chi connectivity index (χ0v) is 19.1. The molecule has 3 rings (SSSR count).